The number of aryl methyl sites for hydroxylation is 1. The molecule has 0 amide bonds. The summed E-state index contributed by atoms with van der Waals surface area (Å²) in [6, 6.07) is 4.76. The molecule has 27 heavy (non-hydrogen) atoms. The Kier molecular flexibility index (Phi) is 6.37. The van der Waals surface area contributed by atoms with Gasteiger partial charge in [0.05, 0.1) is 12.8 Å². The monoisotopic (exact) mass is 371 g/mol. The van der Waals surface area contributed by atoms with E-state index in [-0.39, 0.29) is 11.7 Å². The molecular formula is C21H26FN3O2. The molecule has 0 aliphatic carbocycles. The highest BCUT2D eigenvalue weighted by molar-refractivity contribution is 5.73. The molecule has 0 spiro atoms. The lowest BCUT2D eigenvalue weighted by atomic mass is 9.98. The number of anilines is 1. The standard InChI is InChI=1S/C21H26FN3O2/c1-3-4-5-17-13-23-20(16-6-7-18(22)19(12-16)27-2)21(24-17)25-10-8-15(14-26)9-11-25/h6-7,12-15H,3-5,8-11H2,1-2H3. The molecule has 0 radical (unpaired) electrons. The van der Waals surface area contributed by atoms with Crippen molar-refractivity contribution in [3.05, 3.63) is 35.9 Å². The SMILES string of the molecule is CCCCc1cnc(-c2ccc(F)c(OC)c2)c(N2CCC(C=O)CC2)n1. The predicted molar refractivity (Wildman–Crippen MR) is 104 cm³/mol. The lowest BCUT2D eigenvalue weighted by Gasteiger charge is -2.32. The summed E-state index contributed by atoms with van der Waals surface area (Å²) in [5.74, 6) is 0.713. The normalized spacial score (nSPS) is 15.0. The molecule has 3 rings (SSSR count). The molecule has 1 saturated heterocycles. The highest BCUT2D eigenvalue weighted by Crippen LogP contribution is 2.33. The van der Waals surface area contributed by atoms with Crippen LogP contribution in [0.25, 0.3) is 11.3 Å². The molecule has 1 fully saturated rings. The first-order valence-electron chi connectivity index (χ1n) is 9.56. The quantitative estimate of drug-likeness (QED) is 0.687. The predicted octanol–water partition coefficient (Wildman–Crippen LogP) is 4.05. The first-order valence-corrected chi connectivity index (χ1v) is 9.56. The van der Waals surface area contributed by atoms with E-state index in [1.165, 1.54) is 13.2 Å². The zero-order chi connectivity index (χ0) is 19.2. The van der Waals surface area contributed by atoms with E-state index >= 15 is 0 Å². The van der Waals surface area contributed by atoms with E-state index in [0.717, 1.165) is 74.2 Å². The number of ether oxygens (including phenoxy) is 1. The summed E-state index contributed by atoms with van der Waals surface area (Å²) in [5, 5.41) is 0. The maximum absolute atomic E-state index is 13.8. The van der Waals surface area contributed by atoms with Crippen molar-refractivity contribution in [2.45, 2.75) is 39.0 Å². The maximum Gasteiger partial charge on any atom is 0.165 e. The van der Waals surface area contributed by atoms with Gasteiger partial charge in [-0.1, -0.05) is 13.3 Å². The van der Waals surface area contributed by atoms with Crippen molar-refractivity contribution < 1.29 is 13.9 Å². The van der Waals surface area contributed by atoms with Crippen molar-refractivity contribution in [2.24, 2.45) is 5.92 Å². The number of piperidine rings is 1. The average Bonchev–Trinajstić information content (AvgIpc) is 2.72. The van der Waals surface area contributed by atoms with Crippen molar-refractivity contribution in [2.75, 3.05) is 25.1 Å². The minimum absolute atomic E-state index is 0.117. The maximum atomic E-state index is 13.8. The Morgan fingerprint density at radius 1 is 1.33 bits per heavy atom. The second-order valence-electron chi connectivity index (χ2n) is 6.95. The fraction of sp³-hybridized carbons (Fsp3) is 0.476. The van der Waals surface area contributed by atoms with Crippen molar-refractivity contribution in [1.29, 1.82) is 0 Å². The molecule has 0 atom stereocenters. The van der Waals surface area contributed by atoms with Crippen LogP contribution < -0.4 is 9.64 Å². The summed E-state index contributed by atoms with van der Waals surface area (Å²) in [4.78, 5) is 22.8. The summed E-state index contributed by atoms with van der Waals surface area (Å²) >= 11 is 0. The van der Waals surface area contributed by atoms with Gasteiger partial charge < -0.3 is 14.4 Å². The zero-order valence-corrected chi connectivity index (χ0v) is 15.9. The Balaban J connectivity index is 1.98. The molecule has 0 N–H and O–H groups in total. The van der Waals surface area contributed by atoms with Gasteiger partial charge in [0.1, 0.15) is 12.0 Å². The third-order valence-corrected chi connectivity index (χ3v) is 5.05. The van der Waals surface area contributed by atoms with Crippen molar-refractivity contribution in [1.82, 2.24) is 9.97 Å². The number of carbonyl (C=O) groups is 1. The molecule has 0 bridgehead atoms. The van der Waals surface area contributed by atoms with Crippen LogP contribution in [0, 0.1) is 11.7 Å². The van der Waals surface area contributed by atoms with Crippen molar-refractivity contribution in [3.8, 4) is 17.0 Å². The van der Waals surface area contributed by atoms with Gasteiger partial charge >= 0.3 is 0 Å². The molecule has 1 aliphatic heterocycles. The van der Waals surface area contributed by atoms with Crippen LogP contribution in [0.3, 0.4) is 0 Å². The molecule has 1 aromatic carbocycles. The number of hydrogen-bond donors (Lipinski definition) is 0. The van der Waals surface area contributed by atoms with Crippen LogP contribution in [0.5, 0.6) is 5.75 Å². The lowest BCUT2D eigenvalue weighted by Crippen LogP contribution is -2.35. The molecule has 0 saturated carbocycles. The lowest BCUT2D eigenvalue weighted by molar-refractivity contribution is -0.111. The van der Waals surface area contributed by atoms with Crippen molar-refractivity contribution in [3.63, 3.8) is 0 Å². The number of rotatable bonds is 7. The van der Waals surface area contributed by atoms with Gasteiger partial charge in [0.2, 0.25) is 0 Å². The van der Waals surface area contributed by atoms with Gasteiger partial charge in [0, 0.05) is 30.8 Å². The first-order chi connectivity index (χ1) is 13.2. The average molecular weight is 371 g/mol. The van der Waals surface area contributed by atoms with E-state index in [1.54, 1.807) is 12.1 Å². The van der Waals surface area contributed by atoms with E-state index in [0.29, 0.717) is 0 Å². The molecule has 2 heterocycles. The number of carbonyl (C=O) groups excluding carboxylic acids is 1. The summed E-state index contributed by atoms with van der Waals surface area (Å²) in [5.41, 5.74) is 2.45. The number of unbranched alkanes of at least 4 members (excludes halogenated alkanes) is 1. The van der Waals surface area contributed by atoms with Gasteiger partial charge in [-0.25, -0.2) is 9.37 Å². The number of hydrogen-bond acceptors (Lipinski definition) is 5. The van der Waals surface area contributed by atoms with Gasteiger partial charge in [-0.15, -0.1) is 0 Å². The number of aldehydes is 1. The Morgan fingerprint density at radius 2 is 2.11 bits per heavy atom. The smallest absolute Gasteiger partial charge is 0.165 e. The van der Waals surface area contributed by atoms with E-state index < -0.39 is 5.82 Å². The van der Waals surface area contributed by atoms with Gasteiger partial charge in [-0.2, -0.15) is 0 Å². The fourth-order valence-corrected chi connectivity index (χ4v) is 3.37. The van der Waals surface area contributed by atoms with E-state index in [2.05, 4.69) is 16.8 Å². The van der Waals surface area contributed by atoms with Gasteiger partial charge in [-0.3, -0.25) is 4.98 Å². The second-order valence-corrected chi connectivity index (χ2v) is 6.95. The zero-order valence-electron chi connectivity index (χ0n) is 15.9. The highest BCUT2D eigenvalue weighted by Gasteiger charge is 2.23. The third kappa shape index (κ3) is 4.43. The van der Waals surface area contributed by atoms with Crippen LogP contribution in [0.4, 0.5) is 10.2 Å². The van der Waals surface area contributed by atoms with Gasteiger partial charge in [0.15, 0.2) is 17.4 Å². The summed E-state index contributed by atoms with van der Waals surface area (Å²) in [6.45, 7) is 3.68. The van der Waals surface area contributed by atoms with Crippen LogP contribution >= 0.6 is 0 Å². The molecule has 1 aliphatic rings. The topological polar surface area (TPSA) is 55.3 Å². The van der Waals surface area contributed by atoms with Gasteiger partial charge in [-0.05, 0) is 43.9 Å². The van der Waals surface area contributed by atoms with Crippen LogP contribution in [-0.4, -0.2) is 36.5 Å². The van der Waals surface area contributed by atoms with Crippen LogP contribution in [-0.2, 0) is 11.2 Å². The van der Waals surface area contributed by atoms with Gasteiger partial charge in [0.25, 0.3) is 0 Å². The third-order valence-electron chi connectivity index (χ3n) is 5.05. The minimum Gasteiger partial charge on any atom is -0.494 e. The molecule has 0 unspecified atom stereocenters. The summed E-state index contributed by atoms with van der Waals surface area (Å²) in [6.07, 6.45) is 7.53. The molecule has 6 heteroatoms. The first kappa shape index (κ1) is 19.3. The molecule has 2 aromatic rings. The molecule has 144 valence electrons. The number of benzene rings is 1. The summed E-state index contributed by atoms with van der Waals surface area (Å²) < 4.78 is 18.9. The number of methoxy groups -OCH3 is 1. The summed E-state index contributed by atoms with van der Waals surface area (Å²) in [7, 11) is 1.45. The Labute approximate surface area is 159 Å². The van der Waals surface area contributed by atoms with E-state index in [9.17, 15) is 9.18 Å². The fourth-order valence-electron chi connectivity index (χ4n) is 3.37. The van der Waals surface area contributed by atoms with Crippen LogP contribution in [0.1, 0.15) is 38.3 Å². The largest absolute Gasteiger partial charge is 0.494 e. The minimum atomic E-state index is -0.401. The van der Waals surface area contributed by atoms with E-state index in [1.807, 2.05) is 6.20 Å². The Bertz CT molecular complexity index is 789. The number of aromatic nitrogens is 2. The molecule has 1 aromatic heterocycles. The number of halogens is 1. The second kappa shape index (κ2) is 8.93. The van der Waals surface area contributed by atoms with Crippen molar-refractivity contribution >= 4 is 12.1 Å². The number of nitrogens with zero attached hydrogens (tertiary/aromatic N) is 3. The Hall–Kier alpha value is -2.50. The van der Waals surface area contributed by atoms with Crippen LogP contribution in [0.2, 0.25) is 0 Å². The van der Waals surface area contributed by atoms with E-state index in [4.69, 9.17) is 9.72 Å². The van der Waals surface area contributed by atoms with Crippen LogP contribution in [0.15, 0.2) is 24.4 Å². The molecule has 5 nitrogen and oxygen atoms in total. The molecular weight excluding hydrogens is 345 g/mol. The Morgan fingerprint density at radius 3 is 2.78 bits per heavy atom. The highest BCUT2D eigenvalue weighted by atomic mass is 19.1.